The highest BCUT2D eigenvalue weighted by molar-refractivity contribution is 5.94. The number of hydrogen-bond donors (Lipinski definition) is 2. The molecule has 0 saturated carbocycles. The highest BCUT2D eigenvalue weighted by atomic mass is 16.5. The summed E-state index contributed by atoms with van der Waals surface area (Å²) in [4.78, 5) is 21.8. The van der Waals surface area contributed by atoms with Gasteiger partial charge in [0.1, 0.15) is 0 Å². The van der Waals surface area contributed by atoms with E-state index in [0.717, 1.165) is 0 Å². The normalized spacial score (nSPS) is 10.4. The quantitative estimate of drug-likeness (QED) is 0.469. The second-order valence-corrected chi connectivity index (χ2v) is 3.24. The lowest BCUT2D eigenvalue weighted by atomic mass is 10.1. The van der Waals surface area contributed by atoms with E-state index in [4.69, 9.17) is 15.6 Å². The van der Waals surface area contributed by atoms with Gasteiger partial charge in [0.15, 0.2) is 0 Å². The summed E-state index contributed by atoms with van der Waals surface area (Å²) in [5, 5.41) is 8.77. The van der Waals surface area contributed by atoms with Crippen molar-refractivity contribution >= 4 is 23.7 Å². The molecule has 1 aromatic carbocycles. The van der Waals surface area contributed by atoms with E-state index in [1.165, 1.54) is 24.3 Å². The fourth-order valence-corrected chi connectivity index (χ4v) is 1.23. The first-order valence-electron chi connectivity index (χ1n) is 5.02. The van der Waals surface area contributed by atoms with Crippen LogP contribution in [0, 0.1) is 0 Å². The van der Waals surface area contributed by atoms with Gasteiger partial charge in [-0.3, -0.25) is 0 Å². The van der Waals surface area contributed by atoms with Crippen molar-refractivity contribution in [3.8, 4) is 0 Å². The van der Waals surface area contributed by atoms with Crippen LogP contribution in [0.5, 0.6) is 0 Å². The van der Waals surface area contributed by atoms with Crippen LogP contribution in [-0.4, -0.2) is 23.7 Å². The summed E-state index contributed by atoms with van der Waals surface area (Å²) in [6, 6.07) is 4.44. The molecule has 90 valence electrons. The topological polar surface area (TPSA) is 89.6 Å². The smallest absolute Gasteiger partial charge is 0.337 e. The molecule has 0 spiro atoms. The third-order valence-electron chi connectivity index (χ3n) is 2.00. The lowest BCUT2D eigenvalue weighted by Gasteiger charge is -2.01. The Hall–Kier alpha value is -2.30. The summed E-state index contributed by atoms with van der Waals surface area (Å²) >= 11 is 0. The van der Waals surface area contributed by atoms with E-state index >= 15 is 0 Å². The van der Waals surface area contributed by atoms with Crippen molar-refractivity contribution in [3.05, 3.63) is 35.4 Å². The molecule has 0 unspecified atom stereocenters. The molecule has 5 heteroatoms. The van der Waals surface area contributed by atoms with Crippen LogP contribution in [0.4, 0.5) is 5.69 Å². The molecule has 0 atom stereocenters. The fraction of sp³-hybridized carbons (Fsp3) is 0.167. The molecule has 0 bridgehead atoms. The number of aromatic carboxylic acids is 1. The Morgan fingerprint density at radius 1 is 1.47 bits per heavy atom. The molecule has 1 rings (SSSR count). The zero-order chi connectivity index (χ0) is 12.8. The largest absolute Gasteiger partial charge is 0.478 e. The van der Waals surface area contributed by atoms with Gasteiger partial charge >= 0.3 is 11.9 Å². The van der Waals surface area contributed by atoms with Crippen LogP contribution in [0.1, 0.15) is 22.8 Å². The Morgan fingerprint density at radius 2 is 2.18 bits per heavy atom. The van der Waals surface area contributed by atoms with E-state index in [0.29, 0.717) is 12.2 Å². The van der Waals surface area contributed by atoms with E-state index in [2.05, 4.69) is 0 Å². The van der Waals surface area contributed by atoms with Crippen LogP contribution in [-0.2, 0) is 9.53 Å². The molecule has 0 aliphatic heterocycles. The van der Waals surface area contributed by atoms with Crippen molar-refractivity contribution in [1.82, 2.24) is 0 Å². The average Bonchev–Trinajstić information content (AvgIpc) is 2.26. The SMILES string of the molecule is CCOC(=O)C=Cc1ccc(C(=O)O)c(N)c1. The Kier molecular flexibility index (Phi) is 4.28. The molecular formula is C12H13NO4. The first kappa shape index (κ1) is 12.8. The Morgan fingerprint density at radius 3 is 2.71 bits per heavy atom. The zero-order valence-corrected chi connectivity index (χ0v) is 9.34. The Balaban J connectivity index is 2.84. The number of carbonyl (C=O) groups excluding carboxylic acids is 1. The molecule has 0 saturated heterocycles. The maximum Gasteiger partial charge on any atom is 0.337 e. The number of nitrogens with two attached hydrogens (primary N) is 1. The number of anilines is 1. The monoisotopic (exact) mass is 235 g/mol. The number of hydrogen-bond acceptors (Lipinski definition) is 4. The van der Waals surface area contributed by atoms with Crippen LogP contribution in [0.2, 0.25) is 0 Å². The Labute approximate surface area is 98.5 Å². The van der Waals surface area contributed by atoms with E-state index in [-0.39, 0.29) is 11.3 Å². The van der Waals surface area contributed by atoms with Gasteiger partial charge in [0, 0.05) is 11.8 Å². The number of carbonyl (C=O) groups is 2. The number of benzene rings is 1. The second kappa shape index (κ2) is 5.69. The van der Waals surface area contributed by atoms with Crippen LogP contribution >= 0.6 is 0 Å². The van der Waals surface area contributed by atoms with E-state index in [9.17, 15) is 9.59 Å². The minimum absolute atomic E-state index is 0.0401. The van der Waals surface area contributed by atoms with Crippen LogP contribution < -0.4 is 5.73 Å². The summed E-state index contributed by atoms with van der Waals surface area (Å²) in [7, 11) is 0. The maximum atomic E-state index is 11.0. The van der Waals surface area contributed by atoms with Crippen LogP contribution in [0.15, 0.2) is 24.3 Å². The third kappa shape index (κ3) is 3.64. The second-order valence-electron chi connectivity index (χ2n) is 3.24. The van der Waals surface area contributed by atoms with Crippen molar-refractivity contribution in [2.75, 3.05) is 12.3 Å². The summed E-state index contributed by atoms with van der Waals surface area (Å²) in [6.07, 6.45) is 2.78. The number of ether oxygens (including phenoxy) is 1. The number of esters is 1. The molecule has 0 amide bonds. The van der Waals surface area contributed by atoms with Gasteiger partial charge in [-0.05, 0) is 30.7 Å². The minimum Gasteiger partial charge on any atom is -0.478 e. The maximum absolute atomic E-state index is 11.0. The average molecular weight is 235 g/mol. The molecule has 0 fully saturated rings. The molecule has 3 N–H and O–H groups in total. The number of nitrogen functional groups attached to an aromatic ring is 1. The van der Waals surface area contributed by atoms with Crippen molar-refractivity contribution in [3.63, 3.8) is 0 Å². The van der Waals surface area contributed by atoms with E-state index < -0.39 is 11.9 Å². The van der Waals surface area contributed by atoms with Crippen molar-refractivity contribution in [2.24, 2.45) is 0 Å². The zero-order valence-electron chi connectivity index (χ0n) is 9.34. The molecule has 0 radical (unpaired) electrons. The van der Waals surface area contributed by atoms with Gasteiger partial charge in [-0.15, -0.1) is 0 Å². The van der Waals surface area contributed by atoms with E-state index in [1.54, 1.807) is 13.0 Å². The van der Waals surface area contributed by atoms with E-state index in [1.807, 2.05) is 0 Å². The molecule has 0 aromatic heterocycles. The van der Waals surface area contributed by atoms with Gasteiger partial charge < -0.3 is 15.6 Å². The van der Waals surface area contributed by atoms with Gasteiger partial charge in [0.05, 0.1) is 12.2 Å². The molecule has 5 nitrogen and oxygen atoms in total. The standard InChI is InChI=1S/C12H13NO4/c1-2-17-11(14)6-4-8-3-5-9(12(15)16)10(13)7-8/h3-7H,2,13H2,1H3,(H,15,16). The summed E-state index contributed by atoms with van der Waals surface area (Å²) in [6.45, 7) is 2.02. The predicted molar refractivity (Wildman–Crippen MR) is 63.5 cm³/mol. The highest BCUT2D eigenvalue weighted by Crippen LogP contribution is 2.15. The van der Waals surface area contributed by atoms with Crippen molar-refractivity contribution in [2.45, 2.75) is 6.92 Å². The number of carboxylic acid groups (broad SMARTS) is 1. The highest BCUT2D eigenvalue weighted by Gasteiger charge is 2.06. The van der Waals surface area contributed by atoms with Crippen LogP contribution in [0.3, 0.4) is 0 Å². The molecule has 0 aliphatic carbocycles. The first-order valence-corrected chi connectivity index (χ1v) is 5.02. The molecule has 17 heavy (non-hydrogen) atoms. The minimum atomic E-state index is -1.08. The van der Waals surface area contributed by atoms with Gasteiger partial charge in [-0.2, -0.15) is 0 Å². The third-order valence-corrected chi connectivity index (χ3v) is 2.00. The van der Waals surface area contributed by atoms with Crippen molar-refractivity contribution < 1.29 is 19.4 Å². The van der Waals surface area contributed by atoms with Gasteiger partial charge in [0.25, 0.3) is 0 Å². The van der Waals surface area contributed by atoms with Gasteiger partial charge in [-0.25, -0.2) is 9.59 Å². The molecule has 1 aromatic rings. The summed E-state index contributed by atoms with van der Waals surface area (Å²) in [5.41, 5.74) is 6.39. The number of rotatable bonds is 4. The Bertz CT molecular complexity index is 466. The van der Waals surface area contributed by atoms with Gasteiger partial charge in [-0.1, -0.05) is 6.07 Å². The summed E-state index contributed by atoms with van der Waals surface area (Å²) in [5.74, 6) is -1.53. The predicted octanol–water partition coefficient (Wildman–Crippen LogP) is 1.54. The van der Waals surface area contributed by atoms with Crippen molar-refractivity contribution in [1.29, 1.82) is 0 Å². The summed E-state index contributed by atoms with van der Waals surface area (Å²) < 4.78 is 4.70. The first-order chi connectivity index (χ1) is 8.04. The number of carboxylic acids is 1. The molecule has 0 heterocycles. The van der Waals surface area contributed by atoms with Gasteiger partial charge in [0.2, 0.25) is 0 Å². The molecular weight excluding hydrogens is 222 g/mol. The lowest BCUT2D eigenvalue weighted by Crippen LogP contribution is -2.02. The van der Waals surface area contributed by atoms with Crippen LogP contribution in [0.25, 0.3) is 6.08 Å². The molecule has 0 aliphatic rings. The lowest BCUT2D eigenvalue weighted by molar-refractivity contribution is -0.137. The fourth-order valence-electron chi connectivity index (χ4n) is 1.23.